The van der Waals surface area contributed by atoms with Crippen molar-refractivity contribution in [2.45, 2.75) is 25.7 Å². The number of unbranched alkanes of at least 4 members (excludes halogenated alkanes) is 2. The summed E-state index contributed by atoms with van der Waals surface area (Å²) in [5.74, 6) is -0.123. The Balaban J connectivity index is 3.18. The smallest absolute Gasteiger partial charge is 0.305 e. The third-order valence-corrected chi connectivity index (χ3v) is 1.71. The minimum absolute atomic E-state index is 0.123. The molecule has 0 amide bonds. The Morgan fingerprint density at radius 2 is 2.07 bits per heavy atom. The van der Waals surface area contributed by atoms with Gasteiger partial charge in [0.15, 0.2) is 0 Å². The van der Waals surface area contributed by atoms with Crippen LogP contribution in [0.5, 0.6) is 0 Å². The summed E-state index contributed by atoms with van der Waals surface area (Å²) < 4.78 is 4.53. The topological polar surface area (TPSA) is 41.9 Å². The van der Waals surface area contributed by atoms with Crippen LogP contribution in [0.4, 0.5) is 0 Å². The Hall–Kier alpha value is -1.06. The van der Waals surface area contributed by atoms with E-state index in [1.54, 1.807) is 6.34 Å². The first-order chi connectivity index (χ1) is 6.66. The van der Waals surface area contributed by atoms with Crippen molar-refractivity contribution in [3.05, 3.63) is 0 Å². The van der Waals surface area contributed by atoms with Crippen molar-refractivity contribution < 1.29 is 9.53 Å². The number of rotatable bonds is 7. The second-order valence-corrected chi connectivity index (χ2v) is 3.37. The van der Waals surface area contributed by atoms with Gasteiger partial charge in [-0.3, -0.25) is 9.79 Å². The molecule has 0 spiro atoms. The van der Waals surface area contributed by atoms with E-state index in [9.17, 15) is 4.79 Å². The van der Waals surface area contributed by atoms with E-state index in [4.69, 9.17) is 0 Å². The number of nitrogens with zero attached hydrogens (tertiary/aromatic N) is 2. The molecule has 0 aromatic rings. The molecule has 4 heteroatoms. The van der Waals surface area contributed by atoms with Crippen molar-refractivity contribution in [3.63, 3.8) is 0 Å². The van der Waals surface area contributed by atoms with Gasteiger partial charge in [0.1, 0.15) is 0 Å². The maximum absolute atomic E-state index is 10.7. The van der Waals surface area contributed by atoms with E-state index in [0.717, 1.165) is 25.8 Å². The van der Waals surface area contributed by atoms with Crippen molar-refractivity contribution in [1.82, 2.24) is 4.90 Å². The summed E-state index contributed by atoms with van der Waals surface area (Å²) in [7, 11) is 5.31. The molecule has 0 heterocycles. The molecule has 0 saturated heterocycles. The molecule has 0 aromatic carbocycles. The van der Waals surface area contributed by atoms with E-state index in [-0.39, 0.29) is 5.97 Å². The molecule has 0 aliphatic heterocycles. The Kier molecular flexibility index (Phi) is 7.89. The number of hydrogen-bond donors (Lipinski definition) is 0. The fourth-order valence-electron chi connectivity index (χ4n) is 0.972. The number of hydrogen-bond acceptors (Lipinski definition) is 3. The number of carbonyl (C=O) groups is 1. The molecule has 0 unspecified atom stereocenters. The van der Waals surface area contributed by atoms with E-state index >= 15 is 0 Å². The van der Waals surface area contributed by atoms with Crippen LogP contribution in [-0.4, -0.2) is 45.0 Å². The van der Waals surface area contributed by atoms with Gasteiger partial charge >= 0.3 is 5.97 Å². The van der Waals surface area contributed by atoms with Gasteiger partial charge in [0, 0.05) is 27.1 Å². The SMILES string of the molecule is COC(=O)CCCCCN=CN(C)C. The minimum atomic E-state index is -0.123. The first-order valence-electron chi connectivity index (χ1n) is 4.90. The lowest BCUT2D eigenvalue weighted by molar-refractivity contribution is -0.140. The molecule has 0 aromatic heterocycles. The van der Waals surface area contributed by atoms with Crippen LogP contribution in [0.2, 0.25) is 0 Å². The van der Waals surface area contributed by atoms with E-state index in [1.165, 1.54) is 7.11 Å². The van der Waals surface area contributed by atoms with Crippen LogP contribution in [0.1, 0.15) is 25.7 Å². The van der Waals surface area contributed by atoms with Crippen LogP contribution < -0.4 is 0 Å². The van der Waals surface area contributed by atoms with Gasteiger partial charge in [0.05, 0.1) is 13.4 Å². The lowest BCUT2D eigenvalue weighted by Crippen LogP contribution is -2.08. The predicted octanol–water partition coefficient (Wildman–Crippen LogP) is 1.31. The number of carbonyl (C=O) groups excluding carboxylic acids is 1. The molecular formula is C10H20N2O2. The van der Waals surface area contributed by atoms with E-state index < -0.39 is 0 Å². The summed E-state index contributed by atoms with van der Waals surface area (Å²) in [6.07, 6.45) is 5.28. The fourth-order valence-corrected chi connectivity index (χ4v) is 0.972. The Morgan fingerprint density at radius 1 is 1.36 bits per heavy atom. The average molecular weight is 200 g/mol. The molecule has 0 saturated carbocycles. The second-order valence-electron chi connectivity index (χ2n) is 3.37. The van der Waals surface area contributed by atoms with E-state index in [0.29, 0.717) is 6.42 Å². The first kappa shape index (κ1) is 12.9. The highest BCUT2D eigenvalue weighted by Gasteiger charge is 1.98. The third kappa shape index (κ3) is 9.03. The molecular weight excluding hydrogens is 180 g/mol. The number of ether oxygens (including phenoxy) is 1. The molecule has 14 heavy (non-hydrogen) atoms. The van der Waals surface area contributed by atoms with Crippen molar-refractivity contribution in [1.29, 1.82) is 0 Å². The molecule has 0 bridgehead atoms. The summed E-state index contributed by atoms with van der Waals surface area (Å²) >= 11 is 0. The monoisotopic (exact) mass is 200 g/mol. The third-order valence-electron chi connectivity index (χ3n) is 1.71. The minimum Gasteiger partial charge on any atom is -0.469 e. The Labute approximate surface area is 86.0 Å². The molecule has 0 N–H and O–H groups in total. The van der Waals surface area contributed by atoms with Crippen molar-refractivity contribution in [3.8, 4) is 0 Å². The van der Waals surface area contributed by atoms with Gasteiger partial charge in [0.2, 0.25) is 0 Å². The summed E-state index contributed by atoms with van der Waals surface area (Å²) in [4.78, 5) is 16.8. The Morgan fingerprint density at radius 3 is 2.64 bits per heavy atom. The van der Waals surface area contributed by atoms with Crippen LogP contribution in [0.3, 0.4) is 0 Å². The Bertz CT molecular complexity index is 179. The van der Waals surface area contributed by atoms with Gasteiger partial charge in [0.25, 0.3) is 0 Å². The van der Waals surface area contributed by atoms with Crippen molar-refractivity contribution in [2.24, 2.45) is 4.99 Å². The molecule has 0 rings (SSSR count). The zero-order valence-electron chi connectivity index (χ0n) is 9.32. The maximum Gasteiger partial charge on any atom is 0.305 e. The second kappa shape index (κ2) is 8.53. The fraction of sp³-hybridized carbons (Fsp3) is 0.800. The maximum atomic E-state index is 10.7. The zero-order chi connectivity index (χ0) is 10.8. The van der Waals surface area contributed by atoms with Gasteiger partial charge in [-0.2, -0.15) is 0 Å². The molecule has 0 aliphatic carbocycles. The largest absolute Gasteiger partial charge is 0.469 e. The molecule has 0 fully saturated rings. The highest BCUT2D eigenvalue weighted by Crippen LogP contribution is 2.00. The number of methoxy groups -OCH3 is 1. The van der Waals surface area contributed by atoms with E-state index in [2.05, 4.69) is 9.73 Å². The standard InChI is InChI=1S/C10H20N2O2/c1-12(2)9-11-8-6-4-5-7-10(13)14-3/h9H,4-8H2,1-3H3. The van der Waals surface area contributed by atoms with Gasteiger partial charge in [-0.25, -0.2) is 0 Å². The normalized spacial score (nSPS) is 10.5. The average Bonchev–Trinajstić information content (AvgIpc) is 2.15. The van der Waals surface area contributed by atoms with Crippen LogP contribution in [0.25, 0.3) is 0 Å². The van der Waals surface area contributed by atoms with Crippen LogP contribution in [-0.2, 0) is 9.53 Å². The van der Waals surface area contributed by atoms with Gasteiger partial charge in [-0.15, -0.1) is 0 Å². The van der Waals surface area contributed by atoms with Crippen molar-refractivity contribution >= 4 is 12.3 Å². The zero-order valence-corrected chi connectivity index (χ0v) is 9.32. The highest BCUT2D eigenvalue weighted by molar-refractivity contribution is 5.68. The quantitative estimate of drug-likeness (QED) is 0.269. The lowest BCUT2D eigenvalue weighted by Gasteiger charge is -2.02. The van der Waals surface area contributed by atoms with E-state index in [1.807, 2.05) is 19.0 Å². The molecule has 0 aliphatic rings. The molecule has 82 valence electrons. The van der Waals surface area contributed by atoms with Crippen LogP contribution in [0, 0.1) is 0 Å². The lowest BCUT2D eigenvalue weighted by atomic mass is 10.2. The summed E-state index contributed by atoms with van der Waals surface area (Å²) in [6, 6.07) is 0. The predicted molar refractivity (Wildman–Crippen MR) is 57.5 cm³/mol. The van der Waals surface area contributed by atoms with Crippen molar-refractivity contribution in [2.75, 3.05) is 27.7 Å². The molecule has 0 radical (unpaired) electrons. The summed E-state index contributed by atoms with van der Waals surface area (Å²) in [6.45, 7) is 0.833. The van der Waals surface area contributed by atoms with Crippen LogP contribution >= 0.6 is 0 Å². The van der Waals surface area contributed by atoms with Gasteiger partial charge < -0.3 is 9.64 Å². The molecule has 4 nitrogen and oxygen atoms in total. The van der Waals surface area contributed by atoms with Crippen LogP contribution in [0.15, 0.2) is 4.99 Å². The number of aliphatic imine (C=N–C) groups is 1. The highest BCUT2D eigenvalue weighted by atomic mass is 16.5. The summed E-state index contributed by atoms with van der Waals surface area (Å²) in [5, 5.41) is 0. The number of esters is 1. The summed E-state index contributed by atoms with van der Waals surface area (Å²) in [5.41, 5.74) is 0. The molecule has 0 atom stereocenters. The van der Waals surface area contributed by atoms with Gasteiger partial charge in [-0.1, -0.05) is 6.42 Å². The van der Waals surface area contributed by atoms with Gasteiger partial charge in [-0.05, 0) is 12.8 Å². The first-order valence-corrected chi connectivity index (χ1v) is 4.90.